The zero-order valence-electron chi connectivity index (χ0n) is 18.9. The number of amides is 3. The number of Topliss-reactive ketones (excluding diaryl/α,β-unsaturated/α-hetero) is 1. The van der Waals surface area contributed by atoms with Gasteiger partial charge in [0.2, 0.25) is 5.91 Å². The van der Waals surface area contributed by atoms with Gasteiger partial charge in [0, 0.05) is 56.1 Å². The van der Waals surface area contributed by atoms with Gasteiger partial charge in [0.05, 0.1) is 6.04 Å². The number of anilines is 2. The molecule has 1 atom stereocenters. The van der Waals surface area contributed by atoms with Gasteiger partial charge in [-0.25, -0.2) is 4.79 Å². The Morgan fingerprint density at radius 3 is 2.19 bits per heavy atom. The summed E-state index contributed by atoms with van der Waals surface area (Å²) in [6.07, 6.45) is 0.321. The molecule has 4 rings (SSSR count). The van der Waals surface area contributed by atoms with Gasteiger partial charge < -0.3 is 20.0 Å². The lowest BCUT2D eigenvalue weighted by molar-refractivity contribution is -0.117. The van der Waals surface area contributed by atoms with Crippen LogP contribution in [0.4, 0.5) is 16.2 Å². The zero-order valence-corrected chi connectivity index (χ0v) is 18.9. The second-order valence-electron chi connectivity index (χ2n) is 8.70. The van der Waals surface area contributed by atoms with Crippen molar-refractivity contribution in [3.05, 3.63) is 59.2 Å². The van der Waals surface area contributed by atoms with Gasteiger partial charge in [-0.05, 0) is 68.3 Å². The summed E-state index contributed by atoms with van der Waals surface area (Å²) in [7, 11) is 0. The van der Waals surface area contributed by atoms with Gasteiger partial charge in [-0.1, -0.05) is 6.07 Å². The number of piperazine rings is 1. The SMILES string of the molecule is CC(=O)c1ccc(N2CCN(C(=O)N[C@H]3CC(=O)N(c4ccc(C)c(C)c4)C3)CC2)cc1. The fourth-order valence-electron chi connectivity index (χ4n) is 4.29. The van der Waals surface area contributed by atoms with Crippen molar-refractivity contribution in [2.75, 3.05) is 42.5 Å². The Morgan fingerprint density at radius 1 is 0.906 bits per heavy atom. The van der Waals surface area contributed by atoms with Crippen LogP contribution in [-0.2, 0) is 4.79 Å². The van der Waals surface area contributed by atoms with E-state index in [4.69, 9.17) is 0 Å². The molecule has 3 amide bonds. The van der Waals surface area contributed by atoms with Crippen LogP contribution in [0, 0.1) is 13.8 Å². The van der Waals surface area contributed by atoms with Crippen LogP contribution in [0.5, 0.6) is 0 Å². The molecule has 32 heavy (non-hydrogen) atoms. The molecule has 0 saturated carbocycles. The lowest BCUT2D eigenvalue weighted by atomic mass is 10.1. The highest BCUT2D eigenvalue weighted by atomic mass is 16.2. The van der Waals surface area contributed by atoms with Crippen molar-refractivity contribution in [2.45, 2.75) is 33.2 Å². The number of carbonyl (C=O) groups excluding carboxylic acids is 3. The number of urea groups is 1. The summed E-state index contributed by atoms with van der Waals surface area (Å²) in [4.78, 5) is 42.6. The second-order valence-corrected chi connectivity index (χ2v) is 8.70. The predicted octanol–water partition coefficient (Wildman–Crippen LogP) is 3.14. The van der Waals surface area contributed by atoms with Gasteiger partial charge in [-0.3, -0.25) is 9.59 Å². The Kier molecular flexibility index (Phi) is 6.17. The van der Waals surface area contributed by atoms with Crippen LogP contribution in [0.2, 0.25) is 0 Å². The summed E-state index contributed by atoms with van der Waals surface area (Å²) < 4.78 is 0. The van der Waals surface area contributed by atoms with E-state index in [0.717, 1.165) is 30.0 Å². The molecule has 2 saturated heterocycles. The smallest absolute Gasteiger partial charge is 0.317 e. The van der Waals surface area contributed by atoms with Crippen LogP contribution in [0.15, 0.2) is 42.5 Å². The summed E-state index contributed by atoms with van der Waals surface area (Å²) in [5, 5.41) is 3.05. The van der Waals surface area contributed by atoms with Gasteiger partial charge in [0.1, 0.15) is 0 Å². The first-order valence-electron chi connectivity index (χ1n) is 11.1. The molecule has 1 N–H and O–H groups in total. The van der Waals surface area contributed by atoms with Crippen LogP contribution in [0.25, 0.3) is 0 Å². The van der Waals surface area contributed by atoms with Crippen molar-refractivity contribution >= 4 is 29.1 Å². The highest BCUT2D eigenvalue weighted by molar-refractivity contribution is 5.97. The fourth-order valence-corrected chi connectivity index (χ4v) is 4.29. The van der Waals surface area contributed by atoms with Gasteiger partial charge in [0.25, 0.3) is 0 Å². The Hall–Kier alpha value is -3.35. The lowest BCUT2D eigenvalue weighted by Crippen LogP contribution is -2.53. The number of ketones is 1. The number of benzene rings is 2. The molecule has 2 aromatic rings. The molecule has 2 aliphatic heterocycles. The third kappa shape index (κ3) is 4.61. The number of nitrogens with zero attached hydrogens (tertiary/aromatic N) is 3. The maximum atomic E-state index is 12.8. The molecule has 2 heterocycles. The number of hydrogen-bond donors (Lipinski definition) is 1. The monoisotopic (exact) mass is 434 g/mol. The van der Waals surface area contributed by atoms with Crippen molar-refractivity contribution in [2.24, 2.45) is 0 Å². The van der Waals surface area contributed by atoms with Gasteiger partial charge in [-0.2, -0.15) is 0 Å². The first-order valence-corrected chi connectivity index (χ1v) is 11.1. The van der Waals surface area contributed by atoms with Crippen LogP contribution in [-0.4, -0.2) is 61.4 Å². The molecule has 0 aromatic heterocycles. The minimum absolute atomic E-state index is 0.0392. The van der Waals surface area contributed by atoms with Gasteiger partial charge in [-0.15, -0.1) is 0 Å². The number of rotatable bonds is 4. The number of carbonyl (C=O) groups is 3. The Balaban J connectivity index is 1.30. The third-order valence-corrected chi connectivity index (χ3v) is 6.46. The maximum absolute atomic E-state index is 12.8. The predicted molar refractivity (Wildman–Crippen MR) is 125 cm³/mol. The first kappa shape index (κ1) is 21.9. The first-order chi connectivity index (χ1) is 15.3. The molecule has 7 nitrogen and oxygen atoms in total. The second kappa shape index (κ2) is 9.02. The van der Waals surface area contributed by atoms with E-state index in [2.05, 4.69) is 17.1 Å². The molecule has 2 fully saturated rings. The maximum Gasteiger partial charge on any atom is 0.317 e. The molecular weight excluding hydrogens is 404 g/mol. The topological polar surface area (TPSA) is 73.0 Å². The molecule has 168 valence electrons. The van der Waals surface area contributed by atoms with Gasteiger partial charge >= 0.3 is 6.03 Å². The molecule has 0 radical (unpaired) electrons. The summed E-state index contributed by atoms with van der Waals surface area (Å²) >= 11 is 0. The summed E-state index contributed by atoms with van der Waals surface area (Å²) in [5.41, 5.74) is 4.99. The Bertz CT molecular complexity index is 1030. The quantitative estimate of drug-likeness (QED) is 0.751. The lowest BCUT2D eigenvalue weighted by Gasteiger charge is -2.36. The van der Waals surface area contributed by atoms with Crippen LogP contribution in [0.3, 0.4) is 0 Å². The number of nitrogens with one attached hydrogen (secondary N) is 1. The summed E-state index contributed by atoms with van der Waals surface area (Å²) in [5.74, 6) is 0.0943. The zero-order chi connectivity index (χ0) is 22.8. The normalized spacial score (nSPS) is 18.8. The van der Waals surface area contributed by atoms with E-state index < -0.39 is 0 Å². The van der Waals surface area contributed by atoms with E-state index >= 15 is 0 Å². The fraction of sp³-hybridized carbons (Fsp3) is 0.400. The van der Waals surface area contributed by atoms with E-state index in [1.165, 1.54) is 5.56 Å². The minimum atomic E-state index is -0.186. The van der Waals surface area contributed by atoms with E-state index in [1.807, 2.05) is 54.3 Å². The van der Waals surface area contributed by atoms with Crippen LogP contribution < -0.4 is 15.1 Å². The number of hydrogen-bond acceptors (Lipinski definition) is 4. The van der Waals surface area contributed by atoms with Crippen molar-refractivity contribution in [1.29, 1.82) is 0 Å². The van der Waals surface area contributed by atoms with E-state index in [9.17, 15) is 14.4 Å². The summed E-state index contributed by atoms with van der Waals surface area (Å²) in [6.45, 7) is 8.83. The molecule has 0 spiro atoms. The van der Waals surface area contributed by atoms with E-state index in [1.54, 1.807) is 11.8 Å². The highest BCUT2D eigenvalue weighted by Crippen LogP contribution is 2.24. The molecule has 0 bridgehead atoms. The number of aryl methyl sites for hydroxylation is 2. The van der Waals surface area contributed by atoms with Crippen molar-refractivity contribution < 1.29 is 14.4 Å². The molecule has 0 aliphatic carbocycles. The molecule has 2 aromatic carbocycles. The summed E-state index contributed by atoms with van der Waals surface area (Å²) in [6, 6.07) is 13.3. The van der Waals surface area contributed by atoms with E-state index in [0.29, 0.717) is 31.6 Å². The largest absolute Gasteiger partial charge is 0.368 e. The minimum Gasteiger partial charge on any atom is -0.368 e. The van der Waals surface area contributed by atoms with E-state index in [-0.39, 0.29) is 23.8 Å². The average molecular weight is 435 g/mol. The van der Waals surface area contributed by atoms with Crippen molar-refractivity contribution in [3.63, 3.8) is 0 Å². The van der Waals surface area contributed by atoms with Crippen molar-refractivity contribution in [1.82, 2.24) is 10.2 Å². The molecule has 7 heteroatoms. The molecular formula is C25H30N4O3. The average Bonchev–Trinajstić information content (AvgIpc) is 3.15. The molecule has 2 aliphatic rings. The van der Waals surface area contributed by atoms with Crippen LogP contribution >= 0.6 is 0 Å². The Labute approximate surface area is 189 Å². The van der Waals surface area contributed by atoms with Crippen LogP contribution in [0.1, 0.15) is 34.8 Å². The van der Waals surface area contributed by atoms with Crippen molar-refractivity contribution in [3.8, 4) is 0 Å². The standard InChI is InChI=1S/C25H30N4O3/c1-17-4-7-23(14-18(17)2)29-16-21(15-24(29)31)26-25(32)28-12-10-27(11-13-28)22-8-5-20(6-9-22)19(3)30/h4-9,14,21H,10-13,15-16H2,1-3H3,(H,26,32)/t21-/m0/s1. The van der Waals surface area contributed by atoms with Gasteiger partial charge in [0.15, 0.2) is 5.78 Å². The third-order valence-electron chi connectivity index (χ3n) is 6.46. The highest BCUT2D eigenvalue weighted by Gasteiger charge is 2.33. The Morgan fingerprint density at radius 2 is 1.56 bits per heavy atom. The molecule has 0 unspecified atom stereocenters.